The van der Waals surface area contributed by atoms with Crippen molar-refractivity contribution in [3.63, 3.8) is 0 Å². The summed E-state index contributed by atoms with van der Waals surface area (Å²) in [5.74, 6) is -0.403. The number of rotatable bonds is 3. The van der Waals surface area contributed by atoms with Crippen LogP contribution >= 0.6 is 0 Å². The van der Waals surface area contributed by atoms with Crippen LogP contribution < -0.4 is 0 Å². The van der Waals surface area contributed by atoms with E-state index in [9.17, 15) is 8.60 Å². The highest BCUT2D eigenvalue weighted by Crippen LogP contribution is 2.14. The highest BCUT2D eigenvalue weighted by atomic mass is 32.2. The molecule has 1 rings (SSSR count). The minimum atomic E-state index is -1.30. The lowest BCUT2D eigenvalue weighted by molar-refractivity contribution is 0.622. The van der Waals surface area contributed by atoms with Crippen molar-refractivity contribution in [1.29, 1.82) is 5.26 Å². The zero-order chi connectivity index (χ0) is 10.6. The fourth-order valence-corrected chi connectivity index (χ4v) is 2.16. The molecule has 0 aliphatic carbocycles. The lowest BCUT2D eigenvalue weighted by atomic mass is 10.3. The molecule has 2 unspecified atom stereocenters. The Morgan fingerprint density at radius 3 is 2.93 bits per heavy atom. The first-order valence-electron chi connectivity index (χ1n) is 4.18. The smallest absolute Gasteiger partial charge is 0.124 e. The van der Waals surface area contributed by atoms with E-state index >= 15 is 0 Å². The Labute approximate surface area is 84.8 Å². The number of benzene rings is 1. The predicted octanol–water partition coefficient (Wildman–Crippen LogP) is 2.24. The zero-order valence-corrected chi connectivity index (χ0v) is 8.55. The van der Waals surface area contributed by atoms with E-state index in [0.717, 1.165) is 0 Å². The summed E-state index contributed by atoms with van der Waals surface area (Å²) in [6.07, 6.45) is 0.211. The first-order valence-corrected chi connectivity index (χ1v) is 5.39. The lowest BCUT2D eigenvalue weighted by Gasteiger charge is -2.06. The second-order valence-electron chi connectivity index (χ2n) is 2.93. The van der Waals surface area contributed by atoms with Crippen LogP contribution in [0.2, 0.25) is 0 Å². The van der Waals surface area contributed by atoms with Crippen LogP contribution in [0.25, 0.3) is 0 Å². The van der Waals surface area contributed by atoms with Crippen LogP contribution in [-0.4, -0.2) is 9.46 Å². The maximum Gasteiger partial charge on any atom is 0.124 e. The van der Waals surface area contributed by atoms with Gasteiger partial charge in [-0.15, -0.1) is 0 Å². The second-order valence-corrected chi connectivity index (χ2v) is 4.80. The Morgan fingerprint density at radius 2 is 2.36 bits per heavy atom. The van der Waals surface area contributed by atoms with E-state index in [1.807, 2.05) is 6.07 Å². The molecule has 0 fully saturated rings. The average molecular weight is 211 g/mol. The van der Waals surface area contributed by atoms with E-state index in [-0.39, 0.29) is 11.7 Å². The molecule has 0 aromatic heterocycles. The normalized spacial score (nSPS) is 14.4. The molecule has 0 saturated carbocycles. The minimum absolute atomic E-state index is 0.211. The van der Waals surface area contributed by atoms with Gasteiger partial charge in [0.2, 0.25) is 0 Å². The third-order valence-corrected chi connectivity index (χ3v) is 3.39. The monoisotopic (exact) mass is 211 g/mol. The van der Waals surface area contributed by atoms with Gasteiger partial charge >= 0.3 is 0 Å². The Bertz CT molecular complexity index is 386. The molecule has 4 heteroatoms. The van der Waals surface area contributed by atoms with Gasteiger partial charge in [-0.25, -0.2) is 4.39 Å². The summed E-state index contributed by atoms with van der Waals surface area (Å²) < 4.78 is 24.5. The Kier molecular flexibility index (Phi) is 3.78. The number of halogens is 1. The minimum Gasteiger partial charge on any atom is -0.254 e. The van der Waals surface area contributed by atoms with Gasteiger partial charge < -0.3 is 0 Å². The topological polar surface area (TPSA) is 40.9 Å². The van der Waals surface area contributed by atoms with Gasteiger partial charge in [0.25, 0.3) is 0 Å². The summed E-state index contributed by atoms with van der Waals surface area (Å²) in [5, 5.41) is 8.17. The average Bonchev–Trinajstić information content (AvgIpc) is 2.17. The Balaban J connectivity index is 2.85. The van der Waals surface area contributed by atoms with E-state index in [1.54, 1.807) is 13.0 Å². The van der Waals surface area contributed by atoms with Crippen molar-refractivity contribution in [3.8, 4) is 6.07 Å². The van der Waals surface area contributed by atoms with Gasteiger partial charge in [0.15, 0.2) is 0 Å². The number of nitriles is 1. The van der Waals surface area contributed by atoms with Crippen LogP contribution in [0.4, 0.5) is 4.39 Å². The van der Waals surface area contributed by atoms with Crippen LogP contribution in [0.15, 0.2) is 29.2 Å². The van der Waals surface area contributed by atoms with Gasteiger partial charge in [-0.2, -0.15) is 5.26 Å². The molecule has 14 heavy (non-hydrogen) atoms. The molecule has 0 saturated heterocycles. The maximum absolute atomic E-state index is 12.8. The van der Waals surface area contributed by atoms with Gasteiger partial charge in [-0.05, 0) is 25.1 Å². The number of hydrogen-bond donors (Lipinski definition) is 0. The molecule has 0 radical (unpaired) electrons. The number of nitrogens with zero attached hydrogens (tertiary/aromatic N) is 1. The third kappa shape index (κ3) is 2.64. The van der Waals surface area contributed by atoms with Crippen LogP contribution in [0, 0.1) is 17.1 Å². The van der Waals surface area contributed by atoms with E-state index < -0.39 is 16.6 Å². The molecule has 74 valence electrons. The summed E-state index contributed by atoms with van der Waals surface area (Å²) in [6, 6.07) is 7.61. The second kappa shape index (κ2) is 4.87. The third-order valence-electron chi connectivity index (χ3n) is 1.77. The Hall–Kier alpha value is -1.21. The molecule has 0 aliphatic heterocycles. The molecular weight excluding hydrogens is 201 g/mol. The lowest BCUT2D eigenvalue weighted by Crippen LogP contribution is -2.10. The molecule has 0 N–H and O–H groups in total. The van der Waals surface area contributed by atoms with Crippen molar-refractivity contribution in [2.24, 2.45) is 0 Å². The summed E-state index contributed by atoms with van der Waals surface area (Å²) in [4.78, 5) is 0.438. The highest BCUT2D eigenvalue weighted by Gasteiger charge is 2.13. The molecule has 0 amide bonds. The molecule has 0 heterocycles. The van der Waals surface area contributed by atoms with Crippen molar-refractivity contribution >= 4 is 10.8 Å². The molecular formula is C10H10FNOS. The molecule has 1 aromatic rings. The van der Waals surface area contributed by atoms with Crippen molar-refractivity contribution in [3.05, 3.63) is 30.1 Å². The zero-order valence-electron chi connectivity index (χ0n) is 7.74. The molecule has 2 nitrogen and oxygen atoms in total. The standard InChI is InChI=1S/C10H10FNOS/c1-8(5-6-12)14(13)10-4-2-3-9(11)7-10/h2-4,7-8H,5H2,1H3. The van der Waals surface area contributed by atoms with E-state index in [4.69, 9.17) is 5.26 Å². The van der Waals surface area contributed by atoms with Crippen molar-refractivity contribution in [2.75, 3.05) is 0 Å². The molecule has 1 aromatic carbocycles. The van der Waals surface area contributed by atoms with Crippen molar-refractivity contribution in [1.82, 2.24) is 0 Å². The SMILES string of the molecule is CC(CC#N)S(=O)c1cccc(F)c1. The van der Waals surface area contributed by atoms with Crippen LogP contribution in [0.1, 0.15) is 13.3 Å². The van der Waals surface area contributed by atoms with Crippen molar-refractivity contribution < 1.29 is 8.60 Å². The van der Waals surface area contributed by atoms with Gasteiger partial charge in [0.05, 0.1) is 16.9 Å². The molecule has 2 atom stereocenters. The molecule has 0 bridgehead atoms. The fraction of sp³-hybridized carbons (Fsp3) is 0.300. The first kappa shape index (κ1) is 10.9. The highest BCUT2D eigenvalue weighted by molar-refractivity contribution is 7.85. The summed E-state index contributed by atoms with van der Waals surface area (Å²) >= 11 is 0. The molecule has 0 spiro atoms. The van der Waals surface area contributed by atoms with Gasteiger partial charge in [0.1, 0.15) is 5.82 Å². The van der Waals surface area contributed by atoms with Crippen LogP contribution in [-0.2, 0) is 10.8 Å². The van der Waals surface area contributed by atoms with Gasteiger partial charge in [0, 0.05) is 16.6 Å². The van der Waals surface area contributed by atoms with Gasteiger partial charge in [-0.1, -0.05) is 6.07 Å². The molecule has 0 aliphatic rings. The quantitative estimate of drug-likeness (QED) is 0.769. The van der Waals surface area contributed by atoms with Crippen LogP contribution in [0.5, 0.6) is 0 Å². The van der Waals surface area contributed by atoms with E-state index in [2.05, 4.69) is 0 Å². The maximum atomic E-state index is 12.8. The Morgan fingerprint density at radius 1 is 1.64 bits per heavy atom. The summed E-state index contributed by atoms with van der Waals surface area (Å²) in [7, 11) is -1.30. The van der Waals surface area contributed by atoms with Gasteiger partial charge in [-0.3, -0.25) is 4.21 Å². The summed E-state index contributed by atoms with van der Waals surface area (Å²) in [6.45, 7) is 1.71. The first-order chi connectivity index (χ1) is 6.65. The van der Waals surface area contributed by atoms with Crippen LogP contribution in [0.3, 0.4) is 0 Å². The fourth-order valence-electron chi connectivity index (χ4n) is 1.03. The largest absolute Gasteiger partial charge is 0.254 e. The van der Waals surface area contributed by atoms with Crippen molar-refractivity contribution in [2.45, 2.75) is 23.5 Å². The van der Waals surface area contributed by atoms with E-state index in [0.29, 0.717) is 4.90 Å². The number of hydrogen-bond acceptors (Lipinski definition) is 2. The predicted molar refractivity (Wildman–Crippen MR) is 52.5 cm³/mol. The summed E-state index contributed by atoms with van der Waals surface area (Å²) in [5.41, 5.74) is 0. The van der Waals surface area contributed by atoms with E-state index in [1.165, 1.54) is 18.2 Å².